The maximum absolute atomic E-state index is 5.29. The van der Waals surface area contributed by atoms with Gasteiger partial charge in [-0.1, -0.05) is 24.2 Å². The Hall–Kier alpha value is -1.44. The Morgan fingerprint density at radius 2 is 2.21 bits per heavy atom. The summed E-state index contributed by atoms with van der Waals surface area (Å²) in [5.74, 6) is 1.87. The van der Waals surface area contributed by atoms with E-state index in [4.69, 9.17) is 4.74 Å². The Bertz CT molecular complexity index is 633. The van der Waals surface area contributed by atoms with Crippen LogP contribution in [0.4, 0.5) is 0 Å². The van der Waals surface area contributed by atoms with E-state index in [0.29, 0.717) is 12.6 Å². The zero-order chi connectivity index (χ0) is 16.8. The monoisotopic (exact) mass is 347 g/mol. The highest BCUT2D eigenvalue weighted by Gasteiger charge is 2.27. The van der Waals surface area contributed by atoms with Crippen molar-refractivity contribution in [1.82, 2.24) is 24.6 Å². The van der Waals surface area contributed by atoms with Gasteiger partial charge >= 0.3 is 0 Å². The van der Waals surface area contributed by atoms with Crippen LogP contribution in [0.5, 0.6) is 0 Å². The Morgan fingerprint density at radius 1 is 1.29 bits per heavy atom. The summed E-state index contributed by atoms with van der Waals surface area (Å²) in [7, 11) is 3.91. The summed E-state index contributed by atoms with van der Waals surface area (Å²) in [6.07, 6.45) is 5.49. The van der Waals surface area contributed by atoms with Crippen molar-refractivity contribution in [2.45, 2.75) is 42.8 Å². The number of likely N-dealkylation sites (tertiary alicyclic amines) is 1. The molecule has 3 heterocycles. The fourth-order valence-electron chi connectivity index (χ4n) is 3.07. The van der Waals surface area contributed by atoms with Crippen LogP contribution in [0, 0.1) is 0 Å². The molecule has 1 aliphatic heterocycles. The second-order valence-corrected chi connectivity index (χ2v) is 7.03. The van der Waals surface area contributed by atoms with E-state index >= 15 is 0 Å². The Labute approximate surface area is 147 Å². The molecule has 1 unspecified atom stereocenters. The Kier molecular flexibility index (Phi) is 6.23. The zero-order valence-electron chi connectivity index (χ0n) is 14.4. The number of pyridine rings is 1. The SMILES string of the molecule is COCCn1c(SCc2ccccn2)nnc1C1CCCCN1C. The van der Waals surface area contributed by atoms with Crippen LogP contribution in [-0.4, -0.2) is 52.0 Å². The molecule has 1 atom stereocenters. The van der Waals surface area contributed by atoms with E-state index in [2.05, 4.69) is 31.7 Å². The number of ether oxygens (including phenoxy) is 1. The third-order valence-electron chi connectivity index (χ3n) is 4.41. The predicted molar refractivity (Wildman–Crippen MR) is 94.9 cm³/mol. The summed E-state index contributed by atoms with van der Waals surface area (Å²) >= 11 is 1.69. The first-order valence-electron chi connectivity index (χ1n) is 8.44. The van der Waals surface area contributed by atoms with Gasteiger partial charge in [0.1, 0.15) is 0 Å². The van der Waals surface area contributed by atoms with Crippen molar-refractivity contribution in [3.63, 3.8) is 0 Å². The molecule has 7 heteroatoms. The van der Waals surface area contributed by atoms with Crippen LogP contribution in [0.3, 0.4) is 0 Å². The number of hydrogen-bond acceptors (Lipinski definition) is 6. The molecular weight excluding hydrogens is 322 g/mol. The van der Waals surface area contributed by atoms with Crippen molar-refractivity contribution in [1.29, 1.82) is 0 Å². The molecular formula is C17H25N5OS. The van der Waals surface area contributed by atoms with E-state index in [9.17, 15) is 0 Å². The molecule has 0 saturated carbocycles. The molecule has 0 spiro atoms. The van der Waals surface area contributed by atoms with E-state index in [1.807, 2.05) is 24.4 Å². The minimum Gasteiger partial charge on any atom is -0.383 e. The van der Waals surface area contributed by atoms with Crippen molar-refractivity contribution in [2.24, 2.45) is 0 Å². The fraction of sp³-hybridized carbons (Fsp3) is 0.588. The van der Waals surface area contributed by atoms with Gasteiger partial charge in [0.25, 0.3) is 0 Å². The number of hydrogen-bond donors (Lipinski definition) is 0. The molecule has 2 aromatic heterocycles. The van der Waals surface area contributed by atoms with Crippen molar-refractivity contribution in [3.05, 3.63) is 35.9 Å². The molecule has 0 aromatic carbocycles. The zero-order valence-corrected chi connectivity index (χ0v) is 15.2. The number of aromatic nitrogens is 4. The second kappa shape index (κ2) is 8.60. The summed E-state index contributed by atoms with van der Waals surface area (Å²) in [6, 6.07) is 6.35. The minimum absolute atomic E-state index is 0.354. The van der Waals surface area contributed by atoms with E-state index in [-0.39, 0.29) is 0 Å². The van der Waals surface area contributed by atoms with Gasteiger partial charge in [0.15, 0.2) is 11.0 Å². The molecule has 1 aliphatic rings. The highest BCUT2D eigenvalue weighted by atomic mass is 32.2. The highest BCUT2D eigenvalue weighted by molar-refractivity contribution is 7.98. The highest BCUT2D eigenvalue weighted by Crippen LogP contribution is 2.31. The van der Waals surface area contributed by atoms with Crippen molar-refractivity contribution >= 4 is 11.8 Å². The standard InChI is InChI=1S/C17H25N5OS/c1-21-10-6-4-8-15(21)16-19-20-17(22(16)11-12-23-2)24-13-14-7-3-5-9-18-14/h3,5,7,9,15H,4,6,8,10-13H2,1-2H3. The lowest BCUT2D eigenvalue weighted by Crippen LogP contribution is -2.32. The normalized spacial score (nSPS) is 18.8. The van der Waals surface area contributed by atoms with Gasteiger partial charge in [-0.2, -0.15) is 0 Å². The van der Waals surface area contributed by atoms with Crippen LogP contribution >= 0.6 is 11.8 Å². The molecule has 0 aliphatic carbocycles. The molecule has 0 bridgehead atoms. The van der Waals surface area contributed by atoms with Gasteiger partial charge in [0.05, 0.1) is 18.3 Å². The van der Waals surface area contributed by atoms with Crippen LogP contribution < -0.4 is 0 Å². The van der Waals surface area contributed by atoms with Gasteiger partial charge < -0.3 is 9.30 Å². The van der Waals surface area contributed by atoms with Gasteiger partial charge in [-0.25, -0.2) is 0 Å². The first-order valence-corrected chi connectivity index (χ1v) is 9.43. The molecule has 0 radical (unpaired) electrons. The average Bonchev–Trinajstić information content (AvgIpc) is 3.02. The topological polar surface area (TPSA) is 56.1 Å². The van der Waals surface area contributed by atoms with Gasteiger partial charge in [-0.15, -0.1) is 10.2 Å². The smallest absolute Gasteiger partial charge is 0.191 e. The van der Waals surface area contributed by atoms with Crippen LogP contribution in [0.2, 0.25) is 0 Å². The molecule has 24 heavy (non-hydrogen) atoms. The third-order valence-corrected chi connectivity index (χ3v) is 5.41. The number of methoxy groups -OCH3 is 1. The van der Waals surface area contributed by atoms with Crippen molar-refractivity contribution < 1.29 is 4.74 Å². The van der Waals surface area contributed by atoms with Crippen LogP contribution in [0.25, 0.3) is 0 Å². The first kappa shape index (κ1) is 17.4. The second-order valence-electron chi connectivity index (χ2n) is 6.09. The van der Waals surface area contributed by atoms with Crippen molar-refractivity contribution in [2.75, 3.05) is 27.3 Å². The lowest BCUT2D eigenvalue weighted by Gasteiger charge is -2.31. The van der Waals surface area contributed by atoms with Crippen LogP contribution in [-0.2, 0) is 17.0 Å². The van der Waals surface area contributed by atoms with E-state index < -0.39 is 0 Å². The summed E-state index contributed by atoms with van der Waals surface area (Å²) in [5.41, 5.74) is 1.06. The first-order chi connectivity index (χ1) is 11.8. The summed E-state index contributed by atoms with van der Waals surface area (Å²) < 4.78 is 7.52. The molecule has 130 valence electrons. The summed E-state index contributed by atoms with van der Waals surface area (Å²) in [5, 5.41) is 9.94. The molecule has 6 nitrogen and oxygen atoms in total. The Balaban J connectivity index is 1.77. The van der Waals surface area contributed by atoms with E-state index in [1.165, 1.54) is 12.8 Å². The third kappa shape index (κ3) is 4.15. The molecule has 3 rings (SSSR count). The fourth-order valence-corrected chi connectivity index (χ4v) is 3.96. The van der Waals surface area contributed by atoms with Crippen LogP contribution in [0.15, 0.2) is 29.6 Å². The quantitative estimate of drug-likeness (QED) is 0.718. The van der Waals surface area contributed by atoms with Gasteiger partial charge in [0.2, 0.25) is 0 Å². The minimum atomic E-state index is 0.354. The summed E-state index contributed by atoms with van der Waals surface area (Å²) in [4.78, 5) is 6.78. The molecule has 1 saturated heterocycles. The molecule has 0 amide bonds. The van der Waals surface area contributed by atoms with E-state index in [0.717, 1.165) is 41.9 Å². The molecule has 1 fully saturated rings. The van der Waals surface area contributed by atoms with Gasteiger partial charge in [-0.3, -0.25) is 9.88 Å². The number of piperidine rings is 1. The maximum Gasteiger partial charge on any atom is 0.191 e. The predicted octanol–water partition coefficient (Wildman–Crippen LogP) is 2.77. The molecule has 0 N–H and O–H groups in total. The maximum atomic E-state index is 5.29. The van der Waals surface area contributed by atoms with Crippen molar-refractivity contribution in [3.8, 4) is 0 Å². The number of thioether (sulfide) groups is 1. The largest absolute Gasteiger partial charge is 0.383 e. The Morgan fingerprint density at radius 3 is 2.96 bits per heavy atom. The van der Waals surface area contributed by atoms with Gasteiger partial charge in [-0.05, 0) is 38.6 Å². The van der Waals surface area contributed by atoms with Crippen LogP contribution in [0.1, 0.15) is 36.8 Å². The average molecular weight is 347 g/mol. The lowest BCUT2D eigenvalue weighted by atomic mass is 10.0. The van der Waals surface area contributed by atoms with E-state index in [1.54, 1.807) is 18.9 Å². The van der Waals surface area contributed by atoms with Gasteiger partial charge in [0, 0.05) is 25.6 Å². The molecule has 2 aromatic rings. The lowest BCUT2D eigenvalue weighted by molar-refractivity contribution is 0.160. The number of rotatable bonds is 7. The summed E-state index contributed by atoms with van der Waals surface area (Å²) in [6.45, 7) is 2.57. The number of nitrogens with zero attached hydrogens (tertiary/aromatic N) is 5.